The van der Waals surface area contributed by atoms with Crippen molar-refractivity contribution < 1.29 is 4.79 Å². The Hall–Kier alpha value is -3.64. The summed E-state index contributed by atoms with van der Waals surface area (Å²) >= 11 is 0. The molecule has 1 saturated heterocycles. The van der Waals surface area contributed by atoms with Gasteiger partial charge in [0.05, 0.1) is 24.0 Å². The van der Waals surface area contributed by atoms with Gasteiger partial charge in [0.15, 0.2) is 0 Å². The maximum atomic E-state index is 13.0. The Morgan fingerprint density at radius 1 is 0.821 bits per heavy atom. The molecule has 0 bridgehead atoms. The number of rotatable bonds is 7. The molecule has 1 saturated carbocycles. The van der Waals surface area contributed by atoms with E-state index < -0.39 is 6.04 Å². The van der Waals surface area contributed by atoms with Crippen LogP contribution in [0.2, 0.25) is 0 Å². The van der Waals surface area contributed by atoms with E-state index in [9.17, 15) is 4.79 Å². The quantitative estimate of drug-likeness (QED) is 0.243. The molecule has 1 amide bonds. The molecule has 0 unspecified atom stereocenters. The largest absolute Gasteiger partial charge is 0.357 e. The van der Waals surface area contributed by atoms with Crippen LogP contribution in [0.1, 0.15) is 75.9 Å². The van der Waals surface area contributed by atoms with Crippen molar-refractivity contribution in [2.24, 2.45) is 11.7 Å². The summed E-state index contributed by atoms with van der Waals surface area (Å²) in [6, 6.07) is 21.2. The van der Waals surface area contributed by atoms with E-state index in [2.05, 4.69) is 75.6 Å². The molecule has 2 aromatic heterocycles. The fourth-order valence-corrected chi connectivity index (χ4v) is 6.18. The molecule has 2 aliphatic rings. The summed E-state index contributed by atoms with van der Waals surface area (Å²) in [4.78, 5) is 26.7. The number of nitrogens with two attached hydrogens (primary N) is 1. The van der Waals surface area contributed by atoms with E-state index in [1.807, 2.05) is 24.9 Å². The second kappa shape index (κ2) is 10.9. The minimum Gasteiger partial charge on any atom is -0.357 e. The third kappa shape index (κ3) is 5.18. The first-order valence-electron chi connectivity index (χ1n) is 14.5. The zero-order chi connectivity index (χ0) is 26.9. The molecule has 2 aromatic carbocycles. The lowest BCUT2D eigenvalue weighted by Gasteiger charge is -2.28. The maximum absolute atomic E-state index is 13.0. The molecule has 2 atom stereocenters. The topological polar surface area (TPSA) is 90.8 Å². The minimum atomic E-state index is -0.449. The molecule has 3 heterocycles. The number of aromatic nitrogens is 3. The molecule has 1 aliphatic heterocycles. The van der Waals surface area contributed by atoms with Gasteiger partial charge in [0, 0.05) is 23.9 Å². The Morgan fingerprint density at radius 3 is 2.08 bits per heavy atom. The van der Waals surface area contributed by atoms with Crippen LogP contribution in [0.15, 0.2) is 66.9 Å². The van der Waals surface area contributed by atoms with E-state index in [4.69, 9.17) is 5.73 Å². The Labute approximate surface area is 231 Å². The fourth-order valence-electron chi connectivity index (χ4n) is 6.18. The number of hydrogen-bond donors (Lipinski definition) is 3. The van der Waals surface area contributed by atoms with Crippen molar-refractivity contribution in [2.75, 3.05) is 6.54 Å². The fraction of sp³-hybridized carbons (Fsp3) is 0.394. The van der Waals surface area contributed by atoms with Crippen molar-refractivity contribution in [3.63, 3.8) is 0 Å². The molecule has 202 valence electrons. The smallest absolute Gasteiger partial charge is 0.240 e. The van der Waals surface area contributed by atoms with Crippen molar-refractivity contribution in [1.29, 1.82) is 0 Å². The van der Waals surface area contributed by atoms with Crippen LogP contribution >= 0.6 is 0 Å². The second-order valence-electron chi connectivity index (χ2n) is 11.6. The molecule has 39 heavy (non-hydrogen) atoms. The van der Waals surface area contributed by atoms with E-state index in [1.54, 1.807) is 0 Å². The summed E-state index contributed by atoms with van der Waals surface area (Å²) in [6.45, 7) is 4.78. The highest BCUT2D eigenvalue weighted by Crippen LogP contribution is 2.35. The third-order valence-corrected chi connectivity index (χ3v) is 8.67. The van der Waals surface area contributed by atoms with Gasteiger partial charge in [-0.15, -0.1) is 0 Å². The third-order valence-electron chi connectivity index (χ3n) is 8.67. The molecule has 4 N–H and O–H groups in total. The van der Waals surface area contributed by atoms with Crippen molar-refractivity contribution in [1.82, 2.24) is 19.9 Å². The Bertz CT molecular complexity index is 1410. The van der Waals surface area contributed by atoms with E-state index in [0.29, 0.717) is 5.92 Å². The zero-order valence-corrected chi connectivity index (χ0v) is 23.0. The molecule has 4 aromatic rings. The summed E-state index contributed by atoms with van der Waals surface area (Å²) < 4.78 is 0. The van der Waals surface area contributed by atoms with E-state index in [-0.39, 0.29) is 17.9 Å². The van der Waals surface area contributed by atoms with Gasteiger partial charge in [0.2, 0.25) is 5.91 Å². The standard InChI is InChI=1S/C33H39N5O/c1-21(2)31(34)33(39)38-19-5-8-30(38)28-18-17-27(36-28)24-13-9-22(10-14-24)23-11-15-25(16-12-23)29-20-35-32(37-29)26-6-3-4-7-26/h9-18,20-21,26,30-31,36H,3-8,19,34H2,1-2H3,(H,35,37)/t30-,31+/m0/s1. The van der Waals surface area contributed by atoms with Gasteiger partial charge in [0.25, 0.3) is 0 Å². The number of imidazole rings is 1. The first-order valence-corrected chi connectivity index (χ1v) is 14.5. The number of carbonyl (C=O) groups is 1. The molecular weight excluding hydrogens is 482 g/mol. The average Bonchev–Trinajstić information content (AvgIpc) is 3.78. The number of nitrogens with zero attached hydrogens (tertiary/aromatic N) is 2. The monoisotopic (exact) mass is 521 g/mol. The summed E-state index contributed by atoms with van der Waals surface area (Å²) in [7, 11) is 0. The second-order valence-corrected chi connectivity index (χ2v) is 11.6. The number of carbonyl (C=O) groups excluding carboxylic acids is 1. The molecule has 6 rings (SSSR count). The average molecular weight is 522 g/mol. The normalized spacial score (nSPS) is 18.8. The van der Waals surface area contributed by atoms with Crippen LogP contribution < -0.4 is 5.73 Å². The Balaban J connectivity index is 1.14. The lowest BCUT2D eigenvalue weighted by molar-refractivity contribution is -0.134. The van der Waals surface area contributed by atoms with Gasteiger partial charge in [-0.2, -0.15) is 0 Å². The van der Waals surface area contributed by atoms with Crippen LogP contribution in [0, 0.1) is 5.92 Å². The number of likely N-dealkylation sites (tertiary alicyclic amines) is 1. The van der Waals surface area contributed by atoms with Gasteiger partial charge >= 0.3 is 0 Å². The van der Waals surface area contributed by atoms with Crippen LogP contribution in [0.25, 0.3) is 33.6 Å². The molecule has 0 spiro atoms. The van der Waals surface area contributed by atoms with Crippen LogP contribution in [0.4, 0.5) is 0 Å². The molecule has 6 nitrogen and oxygen atoms in total. The molecule has 6 heteroatoms. The van der Waals surface area contributed by atoms with Gasteiger partial charge in [-0.1, -0.05) is 75.2 Å². The van der Waals surface area contributed by atoms with Crippen LogP contribution in [0.3, 0.4) is 0 Å². The molecule has 1 aliphatic carbocycles. The summed E-state index contributed by atoms with van der Waals surface area (Å²) in [5.74, 6) is 1.92. The highest BCUT2D eigenvalue weighted by atomic mass is 16.2. The number of hydrogen-bond acceptors (Lipinski definition) is 3. The molecule has 2 fully saturated rings. The minimum absolute atomic E-state index is 0.0563. The van der Waals surface area contributed by atoms with Gasteiger partial charge in [-0.3, -0.25) is 4.79 Å². The van der Waals surface area contributed by atoms with Crippen LogP contribution in [-0.4, -0.2) is 38.3 Å². The number of aromatic amines is 2. The van der Waals surface area contributed by atoms with E-state index in [0.717, 1.165) is 47.9 Å². The Morgan fingerprint density at radius 2 is 1.44 bits per heavy atom. The van der Waals surface area contributed by atoms with Crippen LogP contribution in [0.5, 0.6) is 0 Å². The first kappa shape index (κ1) is 25.6. The predicted octanol–water partition coefficient (Wildman–Crippen LogP) is 7.04. The van der Waals surface area contributed by atoms with Gasteiger partial charge in [-0.25, -0.2) is 4.98 Å². The number of benzene rings is 2. The molecular formula is C33H39N5O. The van der Waals surface area contributed by atoms with Crippen molar-refractivity contribution in [3.8, 4) is 33.6 Å². The first-order chi connectivity index (χ1) is 19.0. The van der Waals surface area contributed by atoms with E-state index in [1.165, 1.54) is 42.4 Å². The lowest BCUT2D eigenvalue weighted by atomic mass is 10.0. The predicted molar refractivity (Wildman–Crippen MR) is 157 cm³/mol. The summed E-state index contributed by atoms with van der Waals surface area (Å²) in [6.07, 6.45) is 9.06. The highest BCUT2D eigenvalue weighted by Gasteiger charge is 2.34. The maximum Gasteiger partial charge on any atom is 0.240 e. The van der Waals surface area contributed by atoms with Gasteiger partial charge in [0.1, 0.15) is 5.82 Å². The van der Waals surface area contributed by atoms with Crippen molar-refractivity contribution in [2.45, 2.75) is 70.4 Å². The number of nitrogens with one attached hydrogen (secondary N) is 2. The lowest BCUT2D eigenvalue weighted by Crippen LogP contribution is -2.46. The summed E-state index contributed by atoms with van der Waals surface area (Å²) in [5.41, 5.74) is 14.1. The Kier molecular flexibility index (Phi) is 7.13. The highest BCUT2D eigenvalue weighted by molar-refractivity contribution is 5.82. The van der Waals surface area contributed by atoms with Crippen molar-refractivity contribution in [3.05, 3.63) is 78.4 Å². The van der Waals surface area contributed by atoms with E-state index >= 15 is 0 Å². The van der Waals surface area contributed by atoms with Gasteiger partial charge in [-0.05, 0) is 66.0 Å². The van der Waals surface area contributed by atoms with Crippen molar-refractivity contribution >= 4 is 5.91 Å². The number of H-pyrrole nitrogens is 2. The SMILES string of the molecule is CC(C)[C@@H](N)C(=O)N1CCC[C@H]1c1ccc(-c2ccc(-c3ccc(-c4cnc(C5CCCC5)[nH]4)cc3)cc2)[nH]1. The zero-order valence-electron chi connectivity index (χ0n) is 23.0. The van der Waals surface area contributed by atoms with Crippen LogP contribution in [-0.2, 0) is 4.79 Å². The molecule has 0 radical (unpaired) electrons. The number of amides is 1. The summed E-state index contributed by atoms with van der Waals surface area (Å²) in [5, 5.41) is 0. The van der Waals surface area contributed by atoms with Gasteiger partial charge < -0.3 is 20.6 Å².